The number of amides is 1. The van der Waals surface area contributed by atoms with E-state index in [1.165, 1.54) is 12.8 Å². The molecule has 0 bridgehead atoms. The summed E-state index contributed by atoms with van der Waals surface area (Å²) in [7, 11) is 0. The lowest BCUT2D eigenvalue weighted by molar-refractivity contribution is -0.150. The van der Waals surface area contributed by atoms with Gasteiger partial charge in [0.25, 0.3) is 0 Å². The largest absolute Gasteiger partial charge is 0.481 e. The van der Waals surface area contributed by atoms with Crippen molar-refractivity contribution in [3.05, 3.63) is 0 Å². The second-order valence-corrected chi connectivity index (χ2v) is 5.93. The van der Waals surface area contributed by atoms with Crippen molar-refractivity contribution >= 4 is 11.9 Å². The predicted molar refractivity (Wildman–Crippen MR) is 72.7 cm³/mol. The van der Waals surface area contributed by atoms with E-state index in [-0.39, 0.29) is 11.8 Å². The van der Waals surface area contributed by atoms with E-state index < -0.39 is 11.9 Å². The van der Waals surface area contributed by atoms with Gasteiger partial charge in [-0.25, -0.2) is 0 Å². The molecule has 2 aliphatic rings. The fourth-order valence-corrected chi connectivity index (χ4v) is 3.66. The van der Waals surface area contributed by atoms with E-state index in [4.69, 9.17) is 0 Å². The Kier molecular flexibility index (Phi) is 4.83. The van der Waals surface area contributed by atoms with Crippen LogP contribution >= 0.6 is 0 Å². The number of hydrogen-bond acceptors (Lipinski definition) is 2. The third kappa shape index (κ3) is 3.10. The molecule has 4 nitrogen and oxygen atoms in total. The van der Waals surface area contributed by atoms with Gasteiger partial charge in [0.1, 0.15) is 0 Å². The molecular weight excluding hydrogens is 242 g/mol. The van der Waals surface area contributed by atoms with Gasteiger partial charge >= 0.3 is 5.97 Å². The van der Waals surface area contributed by atoms with E-state index in [1.807, 2.05) is 4.90 Å². The third-order valence-corrected chi connectivity index (χ3v) is 4.78. The molecule has 1 saturated heterocycles. The van der Waals surface area contributed by atoms with Crippen LogP contribution in [0.4, 0.5) is 0 Å². The minimum Gasteiger partial charge on any atom is -0.481 e. The summed E-state index contributed by atoms with van der Waals surface area (Å²) in [6.07, 6.45) is 7.79. The molecule has 1 N–H and O–H groups in total. The summed E-state index contributed by atoms with van der Waals surface area (Å²) in [6, 6.07) is 0.324. The number of likely N-dealkylation sites (tertiary alicyclic amines) is 1. The van der Waals surface area contributed by atoms with Gasteiger partial charge in [0.2, 0.25) is 5.91 Å². The first-order valence-electron chi connectivity index (χ1n) is 7.68. The quantitative estimate of drug-likeness (QED) is 0.855. The number of nitrogens with zero attached hydrogens (tertiary/aromatic N) is 1. The number of rotatable bonds is 3. The maximum atomic E-state index is 12.7. The van der Waals surface area contributed by atoms with E-state index in [2.05, 4.69) is 6.92 Å². The molecule has 3 unspecified atom stereocenters. The number of carboxylic acids is 1. The Labute approximate surface area is 115 Å². The van der Waals surface area contributed by atoms with Crippen LogP contribution in [0.15, 0.2) is 0 Å². The topological polar surface area (TPSA) is 57.6 Å². The van der Waals surface area contributed by atoms with Crippen molar-refractivity contribution in [3.63, 3.8) is 0 Å². The van der Waals surface area contributed by atoms with Crippen LogP contribution in [0.5, 0.6) is 0 Å². The van der Waals surface area contributed by atoms with Gasteiger partial charge in [0.15, 0.2) is 0 Å². The van der Waals surface area contributed by atoms with Crippen LogP contribution in [0.25, 0.3) is 0 Å². The SMILES string of the molecule is CCC1CCCCCN1C(=O)C1CCCC1C(=O)O. The van der Waals surface area contributed by atoms with Crippen molar-refractivity contribution in [1.82, 2.24) is 4.90 Å². The van der Waals surface area contributed by atoms with Crippen LogP contribution in [0.3, 0.4) is 0 Å². The van der Waals surface area contributed by atoms with Gasteiger partial charge in [-0.1, -0.05) is 26.2 Å². The number of aliphatic carboxylic acids is 1. The van der Waals surface area contributed by atoms with E-state index >= 15 is 0 Å². The molecule has 1 aliphatic heterocycles. The molecule has 19 heavy (non-hydrogen) atoms. The number of carbonyl (C=O) groups is 2. The standard InChI is InChI=1S/C15H25NO3/c1-2-11-7-4-3-5-10-16(11)14(17)12-8-6-9-13(12)15(18)19/h11-13H,2-10H2,1H3,(H,18,19). The Balaban J connectivity index is 2.09. The molecule has 0 aromatic heterocycles. The van der Waals surface area contributed by atoms with Crippen LogP contribution in [0.2, 0.25) is 0 Å². The highest BCUT2D eigenvalue weighted by Gasteiger charge is 2.41. The summed E-state index contributed by atoms with van der Waals surface area (Å²) >= 11 is 0. The van der Waals surface area contributed by atoms with Crippen molar-refractivity contribution in [2.75, 3.05) is 6.54 Å². The Morgan fingerprint density at radius 3 is 2.47 bits per heavy atom. The summed E-state index contributed by atoms with van der Waals surface area (Å²) in [6.45, 7) is 2.94. The van der Waals surface area contributed by atoms with Gasteiger partial charge in [-0.05, 0) is 32.1 Å². The molecule has 4 heteroatoms. The molecule has 1 aliphatic carbocycles. The minimum atomic E-state index is -0.793. The highest BCUT2D eigenvalue weighted by atomic mass is 16.4. The van der Waals surface area contributed by atoms with Gasteiger partial charge in [-0.15, -0.1) is 0 Å². The fourth-order valence-electron chi connectivity index (χ4n) is 3.66. The molecule has 0 aromatic carbocycles. The zero-order chi connectivity index (χ0) is 13.8. The first-order valence-corrected chi connectivity index (χ1v) is 7.68. The van der Waals surface area contributed by atoms with E-state index in [9.17, 15) is 14.7 Å². The van der Waals surface area contributed by atoms with Crippen molar-refractivity contribution < 1.29 is 14.7 Å². The minimum absolute atomic E-state index is 0.110. The van der Waals surface area contributed by atoms with Gasteiger partial charge < -0.3 is 10.0 Å². The first-order chi connectivity index (χ1) is 9.15. The summed E-state index contributed by atoms with van der Waals surface area (Å²) in [5.41, 5.74) is 0. The first kappa shape index (κ1) is 14.4. The van der Waals surface area contributed by atoms with Gasteiger partial charge in [-0.2, -0.15) is 0 Å². The predicted octanol–water partition coefficient (Wildman–Crippen LogP) is 2.67. The molecular formula is C15H25NO3. The van der Waals surface area contributed by atoms with Crippen LogP contribution in [-0.2, 0) is 9.59 Å². The lowest BCUT2D eigenvalue weighted by Gasteiger charge is -2.32. The molecule has 1 heterocycles. The molecule has 2 rings (SSSR count). The second kappa shape index (κ2) is 6.40. The Morgan fingerprint density at radius 1 is 1.05 bits per heavy atom. The van der Waals surface area contributed by atoms with E-state index in [1.54, 1.807) is 0 Å². The highest BCUT2D eigenvalue weighted by molar-refractivity contribution is 5.85. The fraction of sp³-hybridized carbons (Fsp3) is 0.867. The lowest BCUT2D eigenvalue weighted by Crippen LogP contribution is -2.44. The van der Waals surface area contributed by atoms with E-state index in [0.29, 0.717) is 12.5 Å². The smallest absolute Gasteiger partial charge is 0.307 e. The van der Waals surface area contributed by atoms with Crippen LogP contribution in [0.1, 0.15) is 58.3 Å². The highest BCUT2D eigenvalue weighted by Crippen LogP contribution is 2.35. The number of hydrogen-bond donors (Lipinski definition) is 1. The molecule has 0 spiro atoms. The van der Waals surface area contributed by atoms with Crippen molar-refractivity contribution in [2.24, 2.45) is 11.8 Å². The zero-order valence-corrected chi connectivity index (χ0v) is 11.8. The second-order valence-electron chi connectivity index (χ2n) is 5.93. The average molecular weight is 267 g/mol. The van der Waals surface area contributed by atoms with Crippen molar-refractivity contribution in [1.29, 1.82) is 0 Å². The maximum absolute atomic E-state index is 12.7. The molecule has 0 radical (unpaired) electrons. The molecule has 1 amide bonds. The summed E-state index contributed by atoms with van der Waals surface area (Å²) < 4.78 is 0. The summed E-state index contributed by atoms with van der Waals surface area (Å²) in [4.78, 5) is 25.9. The summed E-state index contributed by atoms with van der Waals surface area (Å²) in [5, 5.41) is 9.24. The third-order valence-electron chi connectivity index (χ3n) is 4.78. The van der Waals surface area contributed by atoms with Crippen LogP contribution in [-0.4, -0.2) is 34.5 Å². The van der Waals surface area contributed by atoms with E-state index in [0.717, 1.165) is 38.6 Å². The maximum Gasteiger partial charge on any atom is 0.307 e. The zero-order valence-electron chi connectivity index (χ0n) is 11.8. The monoisotopic (exact) mass is 267 g/mol. The Morgan fingerprint density at radius 2 is 1.79 bits per heavy atom. The Hall–Kier alpha value is -1.06. The van der Waals surface area contributed by atoms with Crippen molar-refractivity contribution in [3.8, 4) is 0 Å². The molecule has 108 valence electrons. The number of carboxylic acid groups (broad SMARTS) is 1. The van der Waals surface area contributed by atoms with Gasteiger partial charge in [0.05, 0.1) is 11.8 Å². The lowest BCUT2D eigenvalue weighted by atomic mass is 9.93. The molecule has 1 saturated carbocycles. The number of carbonyl (C=O) groups excluding carboxylic acids is 1. The van der Waals surface area contributed by atoms with Crippen LogP contribution in [0, 0.1) is 11.8 Å². The van der Waals surface area contributed by atoms with Crippen molar-refractivity contribution in [2.45, 2.75) is 64.3 Å². The molecule has 3 atom stereocenters. The summed E-state index contributed by atoms with van der Waals surface area (Å²) in [5.74, 6) is -1.41. The van der Waals surface area contributed by atoms with Crippen LogP contribution < -0.4 is 0 Å². The average Bonchev–Trinajstić information content (AvgIpc) is 2.76. The Bertz CT molecular complexity index is 342. The molecule has 0 aromatic rings. The normalized spacial score (nSPS) is 32.1. The van der Waals surface area contributed by atoms with Gasteiger partial charge in [0, 0.05) is 12.6 Å². The van der Waals surface area contributed by atoms with Gasteiger partial charge in [-0.3, -0.25) is 9.59 Å². The molecule has 2 fully saturated rings.